The number of anilines is 1. The maximum absolute atomic E-state index is 12.5. The number of carbonyl (C=O) groups excluding carboxylic acids is 1. The van der Waals surface area contributed by atoms with E-state index in [4.69, 9.17) is 4.52 Å². The molecular weight excluding hydrogens is 380 g/mol. The van der Waals surface area contributed by atoms with Gasteiger partial charge in [0.15, 0.2) is 22.9 Å². The second-order valence-electron chi connectivity index (χ2n) is 6.71. The average Bonchev–Trinajstić information content (AvgIpc) is 3.42. The molecule has 1 amide bonds. The molecular formula is C22H16N6O2. The Morgan fingerprint density at radius 3 is 2.53 bits per heavy atom. The molecule has 8 nitrogen and oxygen atoms in total. The number of amides is 1. The van der Waals surface area contributed by atoms with Gasteiger partial charge in [0.05, 0.1) is 5.69 Å². The summed E-state index contributed by atoms with van der Waals surface area (Å²) in [7, 11) is 0. The van der Waals surface area contributed by atoms with Crippen LogP contribution in [0.4, 0.5) is 5.69 Å². The maximum atomic E-state index is 12.5. The number of aryl methyl sites for hydroxylation is 1. The Kier molecular flexibility index (Phi) is 4.29. The minimum Gasteiger partial charge on any atom is -0.355 e. The zero-order chi connectivity index (χ0) is 20.5. The SMILES string of the molecule is Cc1nnc2ccc(-c3ccc(NC(=O)c4cc(-c5ccccc5)on4)cc3)nn12. The molecule has 0 unspecified atom stereocenters. The molecule has 0 aliphatic rings. The Hall–Kier alpha value is -4.33. The second kappa shape index (κ2) is 7.25. The maximum Gasteiger partial charge on any atom is 0.277 e. The zero-order valence-corrected chi connectivity index (χ0v) is 16.0. The molecule has 2 aromatic carbocycles. The van der Waals surface area contributed by atoms with E-state index >= 15 is 0 Å². The van der Waals surface area contributed by atoms with E-state index in [1.807, 2.05) is 73.7 Å². The number of benzene rings is 2. The predicted octanol–water partition coefficient (Wildman–Crippen LogP) is 4.01. The van der Waals surface area contributed by atoms with Crippen LogP contribution in [0, 0.1) is 6.92 Å². The minimum absolute atomic E-state index is 0.216. The number of fused-ring (bicyclic) bond motifs is 1. The molecule has 30 heavy (non-hydrogen) atoms. The van der Waals surface area contributed by atoms with Crippen LogP contribution >= 0.6 is 0 Å². The molecule has 0 fully saturated rings. The quantitative estimate of drug-likeness (QED) is 0.493. The van der Waals surface area contributed by atoms with Crippen LogP contribution in [0.3, 0.4) is 0 Å². The van der Waals surface area contributed by atoms with Crippen LogP contribution in [0.5, 0.6) is 0 Å². The molecule has 0 atom stereocenters. The topological polar surface area (TPSA) is 98.2 Å². The Labute approximate surface area is 171 Å². The van der Waals surface area contributed by atoms with E-state index in [0.717, 1.165) is 22.6 Å². The van der Waals surface area contributed by atoms with Crippen molar-refractivity contribution in [1.82, 2.24) is 25.0 Å². The first-order valence-electron chi connectivity index (χ1n) is 9.30. The Morgan fingerprint density at radius 2 is 1.73 bits per heavy atom. The van der Waals surface area contributed by atoms with E-state index < -0.39 is 0 Å². The van der Waals surface area contributed by atoms with Gasteiger partial charge in [0.2, 0.25) is 0 Å². The van der Waals surface area contributed by atoms with Crippen LogP contribution in [0.2, 0.25) is 0 Å². The van der Waals surface area contributed by atoms with Crippen molar-refractivity contribution >= 4 is 17.2 Å². The molecule has 0 spiro atoms. The third-order valence-corrected chi connectivity index (χ3v) is 4.66. The molecule has 1 N–H and O–H groups in total. The fraction of sp³-hybridized carbons (Fsp3) is 0.0455. The van der Waals surface area contributed by atoms with E-state index in [-0.39, 0.29) is 11.6 Å². The number of rotatable bonds is 4. The van der Waals surface area contributed by atoms with Crippen molar-refractivity contribution in [1.29, 1.82) is 0 Å². The fourth-order valence-corrected chi connectivity index (χ4v) is 3.09. The van der Waals surface area contributed by atoms with E-state index in [0.29, 0.717) is 17.1 Å². The van der Waals surface area contributed by atoms with Gasteiger partial charge in [-0.3, -0.25) is 4.79 Å². The van der Waals surface area contributed by atoms with Gasteiger partial charge in [-0.15, -0.1) is 10.2 Å². The van der Waals surface area contributed by atoms with E-state index in [9.17, 15) is 4.79 Å². The van der Waals surface area contributed by atoms with E-state index in [1.165, 1.54) is 0 Å². The molecule has 0 aliphatic carbocycles. The summed E-state index contributed by atoms with van der Waals surface area (Å²) in [5, 5.41) is 19.3. The van der Waals surface area contributed by atoms with Gasteiger partial charge in [-0.05, 0) is 31.2 Å². The Bertz CT molecular complexity index is 1340. The van der Waals surface area contributed by atoms with Crippen LogP contribution in [-0.2, 0) is 0 Å². The number of nitrogens with zero attached hydrogens (tertiary/aromatic N) is 5. The zero-order valence-electron chi connectivity index (χ0n) is 16.0. The van der Waals surface area contributed by atoms with Crippen molar-refractivity contribution in [3.05, 3.63) is 84.3 Å². The van der Waals surface area contributed by atoms with Gasteiger partial charge in [0.25, 0.3) is 5.91 Å². The van der Waals surface area contributed by atoms with Crippen molar-refractivity contribution in [2.45, 2.75) is 6.92 Å². The molecule has 0 aliphatic heterocycles. The number of carbonyl (C=O) groups is 1. The standard InChI is InChI=1S/C22H16N6O2/c1-14-24-25-21-12-11-18(26-28(14)21)15-7-9-17(10-8-15)23-22(29)19-13-20(30-27-19)16-5-3-2-4-6-16/h2-13H,1H3,(H,23,29). The minimum atomic E-state index is -0.339. The highest BCUT2D eigenvalue weighted by Crippen LogP contribution is 2.22. The van der Waals surface area contributed by atoms with Crippen molar-refractivity contribution in [3.63, 3.8) is 0 Å². The molecule has 0 saturated carbocycles. The molecule has 8 heteroatoms. The van der Waals surface area contributed by atoms with Crippen molar-refractivity contribution < 1.29 is 9.32 Å². The van der Waals surface area contributed by atoms with Gasteiger partial charge in [-0.1, -0.05) is 47.6 Å². The first kappa shape index (κ1) is 17.7. The second-order valence-corrected chi connectivity index (χ2v) is 6.71. The first-order chi connectivity index (χ1) is 14.7. The van der Waals surface area contributed by atoms with Crippen LogP contribution in [0.25, 0.3) is 28.2 Å². The Morgan fingerprint density at radius 1 is 0.933 bits per heavy atom. The van der Waals surface area contributed by atoms with Crippen molar-refractivity contribution in [3.8, 4) is 22.6 Å². The van der Waals surface area contributed by atoms with Crippen LogP contribution in [0.15, 0.2) is 77.3 Å². The fourth-order valence-electron chi connectivity index (χ4n) is 3.09. The summed E-state index contributed by atoms with van der Waals surface area (Å²) in [6, 6.07) is 22.3. The van der Waals surface area contributed by atoms with Crippen LogP contribution < -0.4 is 5.32 Å². The molecule has 5 aromatic rings. The average molecular weight is 396 g/mol. The lowest BCUT2D eigenvalue weighted by molar-refractivity contribution is 0.101. The number of hydrogen-bond acceptors (Lipinski definition) is 6. The summed E-state index contributed by atoms with van der Waals surface area (Å²) >= 11 is 0. The van der Waals surface area contributed by atoms with Gasteiger partial charge in [0.1, 0.15) is 0 Å². The van der Waals surface area contributed by atoms with Gasteiger partial charge in [-0.2, -0.15) is 9.61 Å². The number of nitrogens with one attached hydrogen (secondary N) is 1. The van der Waals surface area contributed by atoms with E-state index in [2.05, 4.69) is 25.8 Å². The summed E-state index contributed by atoms with van der Waals surface area (Å²) < 4.78 is 6.99. The predicted molar refractivity (Wildman–Crippen MR) is 111 cm³/mol. The third kappa shape index (κ3) is 3.30. The highest BCUT2D eigenvalue weighted by Gasteiger charge is 2.14. The largest absolute Gasteiger partial charge is 0.355 e. The van der Waals surface area contributed by atoms with Gasteiger partial charge in [-0.25, -0.2) is 0 Å². The first-order valence-corrected chi connectivity index (χ1v) is 9.30. The molecule has 3 aromatic heterocycles. The normalized spacial score (nSPS) is 11.0. The summed E-state index contributed by atoms with van der Waals surface area (Å²) in [5.41, 5.74) is 4.12. The van der Waals surface area contributed by atoms with Gasteiger partial charge in [0, 0.05) is 22.9 Å². The number of hydrogen-bond donors (Lipinski definition) is 1. The molecule has 146 valence electrons. The lowest BCUT2D eigenvalue weighted by atomic mass is 10.1. The smallest absolute Gasteiger partial charge is 0.277 e. The van der Waals surface area contributed by atoms with Gasteiger partial charge >= 0.3 is 0 Å². The van der Waals surface area contributed by atoms with E-state index in [1.54, 1.807) is 10.6 Å². The molecule has 0 bridgehead atoms. The summed E-state index contributed by atoms with van der Waals surface area (Å²) in [6.07, 6.45) is 0. The highest BCUT2D eigenvalue weighted by molar-refractivity contribution is 6.03. The lowest BCUT2D eigenvalue weighted by Crippen LogP contribution is -2.12. The highest BCUT2D eigenvalue weighted by atomic mass is 16.5. The summed E-state index contributed by atoms with van der Waals surface area (Å²) in [6.45, 7) is 1.85. The molecule has 5 rings (SSSR count). The molecule has 3 heterocycles. The summed E-state index contributed by atoms with van der Waals surface area (Å²) in [5.74, 6) is 0.924. The lowest BCUT2D eigenvalue weighted by Gasteiger charge is -2.05. The van der Waals surface area contributed by atoms with Crippen LogP contribution in [0.1, 0.15) is 16.3 Å². The van der Waals surface area contributed by atoms with Crippen molar-refractivity contribution in [2.24, 2.45) is 0 Å². The summed E-state index contributed by atoms with van der Waals surface area (Å²) in [4.78, 5) is 12.5. The third-order valence-electron chi connectivity index (χ3n) is 4.66. The monoisotopic (exact) mass is 396 g/mol. The molecule has 0 saturated heterocycles. The number of aromatic nitrogens is 5. The molecule has 0 radical (unpaired) electrons. The van der Waals surface area contributed by atoms with Crippen molar-refractivity contribution in [2.75, 3.05) is 5.32 Å². The van der Waals surface area contributed by atoms with Gasteiger partial charge < -0.3 is 9.84 Å². The van der Waals surface area contributed by atoms with Crippen LogP contribution in [-0.4, -0.2) is 30.9 Å². The Balaban J connectivity index is 1.32.